The van der Waals surface area contributed by atoms with Crippen LogP contribution in [-0.2, 0) is 5.88 Å². The van der Waals surface area contributed by atoms with Gasteiger partial charge in [-0.2, -0.15) is 0 Å². The van der Waals surface area contributed by atoms with E-state index in [0.717, 1.165) is 24.3 Å². The molecule has 1 saturated heterocycles. The first kappa shape index (κ1) is 12.7. The van der Waals surface area contributed by atoms with E-state index in [2.05, 4.69) is 34.1 Å². The van der Waals surface area contributed by atoms with E-state index < -0.39 is 0 Å². The highest BCUT2D eigenvalue weighted by Crippen LogP contribution is 2.29. The number of aromatic nitrogens is 1. The minimum atomic E-state index is 0.478. The maximum absolute atomic E-state index is 5.99. The Labute approximate surface area is 119 Å². The maximum Gasteiger partial charge on any atom is 0.0726 e. The van der Waals surface area contributed by atoms with Gasteiger partial charge in [0.2, 0.25) is 0 Å². The third-order valence-corrected chi connectivity index (χ3v) is 4.10. The zero-order chi connectivity index (χ0) is 13.1. The Morgan fingerprint density at radius 3 is 2.53 bits per heavy atom. The van der Waals surface area contributed by atoms with Crippen LogP contribution in [0.15, 0.2) is 30.3 Å². The van der Waals surface area contributed by atoms with Crippen LogP contribution in [0, 0.1) is 0 Å². The van der Waals surface area contributed by atoms with Crippen LogP contribution in [0.1, 0.15) is 31.4 Å². The van der Waals surface area contributed by atoms with Crippen molar-refractivity contribution in [1.82, 2.24) is 4.98 Å². The van der Waals surface area contributed by atoms with Gasteiger partial charge in [-0.15, -0.1) is 11.6 Å². The average molecular weight is 275 g/mol. The number of pyridine rings is 1. The Kier molecular flexibility index (Phi) is 3.88. The van der Waals surface area contributed by atoms with Gasteiger partial charge >= 0.3 is 0 Å². The van der Waals surface area contributed by atoms with E-state index >= 15 is 0 Å². The molecule has 1 aromatic carbocycles. The molecule has 1 aromatic heterocycles. The first-order chi connectivity index (χ1) is 9.38. The normalized spacial score (nSPS) is 16.6. The monoisotopic (exact) mass is 274 g/mol. The number of halogens is 1. The van der Waals surface area contributed by atoms with Gasteiger partial charge in [-0.1, -0.05) is 31.0 Å². The van der Waals surface area contributed by atoms with E-state index in [1.807, 2.05) is 6.07 Å². The van der Waals surface area contributed by atoms with Gasteiger partial charge < -0.3 is 4.90 Å². The smallest absolute Gasteiger partial charge is 0.0726 e. The number of benzene rings is 1. The summed E-state index contributed by atoms with van der Waals surface area (Å²) in [5.74, 6) is 0.478. The van der Waals surface area contributed by atoms with Crippen molar-refractivity contribution in [2.75, 3.05) is 18.0 Å². The van der Waals surface area contributed by atoms with Crippen LogP contribution in [0.5, 0.6) is 0 Å². The van der Waals surface area contributed by atoms with Crippen molar-refractivity contribution in [3.8, 4) is 0 Å². The maximum atomic E-state index is 5.99. The fourth-order valence-electron chi connectivity index (χ4n) is 2.85. The van der Waals surface area contributed by atoms with Gasteiger partial charge in [0.1, 0.15) is 0 Å². The van der Waals surface area contributed by atoms with Crippen molar-refractivity contribution in [3.63, 3.8) is 0 Å². The van der Waals surface area contributed by atoms with E-state index in [0.29, 0.717) is 5.88 Å². The lowest BCUT2D eigenvalue weighted by molar-refractivity contribution is 0.726. The van der Waals surface area contributed by atoms with Crippen LogP contribution >= 0.6 is 11.6 Å². The summed E-state index contributed by atoms with van der Waals surface area (Å²) in [7, 11) is 0. The molecule has 2 nitrogen and oxygen atoms in total. The molecule has 0 atom stereocenters. The second-order valence-electron chi connectivity index (χ2n) is 5.18. The van der Waals surface area contributed by atoms with E-state index in [-0.39, 0.29) is 0 Å². The molecule has 100 valence electrons. The fraction of sp³-hybridized carbons (Fsp3) is 0.438. The summed E-state index contributed by atoms with van der Waals surface area (Å²) in [6.45, 7) is 2.30. The summed E-state index contributed by atoms with van der Waals surface area (Å²) in [6, 6.07) is 10.5. The Morgan fingerprint density at radius 2 is 1.79 bits per heavy atom. The molecular formula is C16H19ClN2. The molecular weight excluding hydrogens is 256 g/mol. The molecule has 0 radical (unpaired) electrons. The zero-order valence-electron chi connectivity index (χ0n) is 11.1. The highest BCUT2D eigenvalue weighted by molar-refractivity contribution is 6.17. The Morgan fingerprint density at radius 1 is 1.05 bits per heavy atom. The molecule has 0 N–H and O–H groups in total. The molecule has 0 saturated carbocycles. The molecule has 3 heteroatoms. The largest absolute Gasteiger partial charge is 0.371 e. The number of fused-ring (bicyclic) bond motifs is 1. The lowest BCUT2D eigenvalue weighted by Gasteiger charge is -2.24. The molecule has 1 fully saturated rings. The number of alkyl halides is 1. The molecule has 1 aliphatic rings. The Hall–Kier alpha value is -1.28. The third kappa shape index (κ3) is 2.69. The van der Waals surface area contributed by atoms with E-state index in [9.17, 15) is 0 Å². The summed E-state index contributed by atoms with van der Waals surface area (Å²) in [4.78, 5) is 7.12. The first-order valence-electron chi connectivity index (χ1n) is 7.08. The van der Waals surface area contributed by atoms with Gasteiger partial charge in [0.25, 0.3) is 0 Å². The molecule has 0 unspecified atom stereocenters. The Balaban J connectivity index is 2.09. The number of hydrogen-bond donors (Lipinski definition) is 0. The molecule has 2 aromatic rings. The lowest BCUT2D eigenvalue weighted by Crippen LogP contribution is -2.24. The number of anilines is 1. The fourth-order valence-corrected chi connectivity index (χ4v) is 2.99. The van der Waals surface area contributed by atoms with Crippen LogP contribution < -0.4 is 4.90 Å². The summed E-state index contributed by atoms with van der Waals surface area (Å²) >= 11 is 5.99. The van der Waals surface area contributed by atoms with E-state index in [1.54, 1.807) is 0 Å². The van der Waals surface area contributed by atoms with Gasteiger partial charge in [0.05, 0.1) is 17.1 Å². The van der Waals surface area contributed by atoms with Crippen LogP contribution in [0.2, 0.25) is 0 Å². The van der Waals surface area contributed by atoms with Gasteiger partial charge in [0, 0.05) is 24.2 Å². The van der Waals surface area contributed by atoms with Gasteiger partial charge in [-0.25, -0.2) is 0 Å². The van der Waals surface area contributed by atoms with Crippen molar-refractivity contribution < 1.29 is 0 Å². The van der Waals surface area contributed by atoms with Crippen LogP contribution in [0.4, 0.5) is 5.69 Å². The first-order valence-corrected chi connectivity index (χ1v) is 7.61. The van der Waals surface area contributed by atoms with Crippen molar-refractivity contribution in [2.24, 2.45) is 0 Å². The van der Waals surface area contributed by atoms with E-state index in [1.165, 1.54) is 36.8 Å². The lowest BCUT2D eigenvalue weighted by atomic mass is 10.1. The Bertz CT molecular complexity index is 560. The molecule has 0 aliphatic carbocycles. The molecule has 0 spiro atoms. The quantitative estimate of drug-likeness (QED) is 0.757. The second kappa shape index (κ2) is 5.79. The topological polar surface area (TPSA) is 16.1 Å². The molecule has 0 amide bonds. The van der Waals surface area contributed by atoms with Crippen molar-refractivity contribution >= 4 is 28.2 Å². The molecule has 1 aliphatic heterocycles. The molecule has 3 rings (SSSR count). The SMILES string of the molecule is ClCc1cc(N2CCCCCC2)c2ccccc2n1. The third-order valence-electron chi connectivity index (χ3n) is 3.83. The van der Waals surface area contributed by atoms with Gasteiger partial charge in [0.15, 0.2) is 0 Å². The molecule has 0 bridgehead atoms. The second-order valence-corrected chi connectivity index (χ2v) is 5.45. The minimum Gasteiger partial charge on any atom is -0.371 e. The highest BCUT2D eigenvalue weighted by atomic mass is 35.5. The summed E-state index contributed by atoms with van der Waals surface area (Å²) < 4.78 is 0. The number of para-hydroxylation sites is 1. The molecule has 19 heavy (non-hydrogen) atoms. The summed E-state index contributed by atoms with van der Waals surface area (Å²) in [5.41, 5.74) is 3.34. The number of hydrogen-bond acceptors (Lipinski definition) is 2. The van der Waals surface area contributed by atoms with Crippen LogP contribution in [0.25, 0.3) is 10.9 Å². The van der Waals surface area contributed by atoms with Gasteiger partial charge in [-0.3, -0.25) is 4.98 Å². The van der Waals surface area contributed by atoms with Crippen molar-refractivity contribution in [2.45, 2.75) is 31.6 Å². The minimum absolute atomic E-state index is 0.478. The number of rotatable bonds is 2. The van der Waals surface area contributed by atoms with Crippen LogP contribution in [-0.4, -0.2) is 18.1 Å². The average Bonchev–Trinajstić information content (AvgIpc) is 2.75. The number of nitrogens with zero attached hydrogens (tertiary/aromatic N) is 2. The summed E-state index contributed by atoms with van der Waals surface area (Å²) in [5, 5.41) is 1.25. The predicted molar refractivity (Wildman–Crippen MR) is 82.0 cm³/mol. The summed E-state index contributed by atoms with van der Waals surface area (Å²) in [6.07, 6.45) is 5.27. The van der Waals surface area contributed by atoms with E-state index in [4.69, 9.17) is 11.6 Å². The van der Waals surface area contributed by atoms with Crippen molar-refractivity contribution in [1.29, 1.82) is 0 Å². The predicted octanol–water partition coefficient (Wildman–Crippen LogP) is 4.35. The van der Waals surface area contributed by atoms with Gasteiger partial charge in [-0.05, 0) is 25.0 Å². The van der Waals surface area contributed by atoms with Crippen LogP contribution in [0.3, 0.4) is 0 Å². The zero-order valence-corrected chi connectivity index (χ0v) is 11.9. The van der Waals surface area contributed by atoms with Crippen molar-refractivity contribution in [3.05, 3.63) is 36.0 Å². The standard InChI is InChI=1S/C16H19ClN2/c17-12-13-11-16(19-9-5-1-2-6-10-19)14-7-3-4-8-15(14)18-13/h3-4,7-8,11H,1-2,5-6,9-10,12H2. The molecule has 2 heterocycles. The highest BCUT2D eigenvalue weighted by Gasteiger charge is 2.14.